The van der Waals surface area contributed by atoms with Gasteiger partial charge in [-0.05, 0) is 76.3 Å². The molecule has 0 saturated carbocycles. The molecule has 0 fully saturated rings. The Hall–Kier alpha value is -6.60. The number of hydrogen-bond acceptors (Lipinski definition) is 10. The number of nitrogens with one attached hydrogen (secondary N) is 1. The number of aromatic nitrogens is 8. The average molecular weight is 908 g/mol. The van der Waals surface area contributed by atoms with Crippen molar-refractivity contribution in [3.05, 3.63) is 148 Å². The third kappa shape index (κ3) is 10.4. The van der Waals surface area contributed by atoms with Crippen molar-refractivity contribution in [3.8, 4) is 23.1 Å². The Bertz CT molecular complexity index is 2740. The first-order chi connectivity index (χ1) is 29.1. The molecular formula is C42H37BrF6N10O2. The Labute approximate surface area is 353 Å². The second kappa shape index (κ2) is 18.8. The number of alkyl halides is 6. The Balaban J connectivity index is 0.000000175. The first kappa shape index (κ1) is 44.0. The minimum Gasteiger partial charge on any atom is -0.497 e. The molecule has 4 heterocycles. The average Bonchev–Trinajstić information content (AvgIpc) is 3.84. The number of nitrogens with zero attached hydrogens (tertiary/aromatic N) is 8. The quantitative estimate of drug-likeness (QED) is 0.142. The molecule has 8 rings (SSSR count). The van der Waals surface area contributed by atoms with Gasteiger partial charge in [0.25, 0.3) is 0 Å². The lowest BCUT2D eigenvalue weighted by Crippen LogP contribution is -2.15. The summed E-state index contributed by atoms with van der Waals surface area (Å²) in [4.78, 5) is 23.7. The lowest BCUT2D eigenvalue weighted by atomic mass is 10.1. The van der Waals surface area contributed by atoms with E-state index < -0.39 is 24.0 Å². The summed E-state index contributed by atoms with van der Waals surface area (Å²) in [5.74, 6) is -0.773. The summed E-state index contributed by atoms with van der Waals surface area (Å²) in [6.45, 7) is 5.25. The molecule has 316 valence electrons. The van der Waals surface area contributed by atoms with E-state index in [-0.39, 0.29) is 33.7 Å². The molecule has 0 saturated heterocycles. The number of aryl methyl sites for hydroxylation is 2. The summed E-state index contributed by atoms with van der Waals surface area (Å²) in [6.07, 6.45) is -4.02. The van der Waals surface area contributed by atoms with E-state index in [0.717, 1.165) is 20.3 Å². The van der Waals surface area contributed by atoms with E-state index >= 15 is 0 Å². The first-order valence-corrected chi connectivity index (χ1v) is 19.0. The van der Waals surface area contributed by atoms with Gasteiger partial charge >= 0.3 is 12.4 Å². The molecule has 4 aromatic carbocycles. The molecule has 0 radical (unpaired) electrons. The highest BCUT2D eigenvalue weighted by Crippen LogP contribution is 2.36. The molecule has 8 aromatic rings. The molecule has 0 aliphatic heterocycles. The van der Waals surface area contributed by atoms with E-state index in [4.69, 9.17) is 15.2 Å². The first-order valence-electron chi connectivity index (χ1n) is 18.2. The maximum absolute atomic E-state index is 13.6. The van der Waals surface area contributed by atoms with Crippen LogP contribution in [0, 0.1) is 13.8 Å². The summed E-state index contributed by atoms with van der Waals surface area (Å²) in [7, 11) is 2.87. The van der Waals surface area contributed by atoms with Gasteiger partial charge in [0.2, 0.25) is 11.6 Å². The SMILES string of the molecule is COc1ccc2c(c1)nc(C(F)(F)F)n2-c1cnc(Br)cn1.COc1ccc2c(c1)nc(C(F)(F)F)n2-c1cnc(NCc2ccccc2C)cn1.Cc1ccccc1CN. The minimum atomic E-state index is -4.66. The fourth-order valence-electron chi connectivity index (χ4n) is 6.00. The van der Waals surface area contributed by atoms with Crippen LogP contribution in [0.15, 0.2) is 114 Å². The number of hydrogen-bond donors (Lipinski definition) is 2. The van der Waals surface area contributed by atoms with Crippen LogP contribution in [0.1, 0.15) is 33.9 Å². The number of anilines is 1. The van der Waals surface area contributed by atoms with Gasteiger partial charge in [-0.25, -0.2) is 29.9 Å². The number of imidazole rings is 2. The number of fused-ring (bicyclic) bond motifs is 2. The van der Waals surface area contributed by atoms with Gasteiger partial charge < -0.3 is 20.5 Å². The highest BCUT2D eigenvalue weighted by Gasteiger charge is 2.39. The zero-order valence-electron chi connectivity index (χ0n) is 32.9. The van der Waals surface area contributed by atoms with Gasteiger partial charge in [0.15, 0.2) is 11.6 Å². The van der Waals surface area contributed by atoms with Crippen LogP contribution in [0.4, 0.5) is 32.2 Å². The molecule has 3 N–H and O–H groups in total. The number of rotatable bonds is 8. The topological polar surface area (TPSA) is 144 Å². The van der Waals surface area contributed by atoms with Crippen LogP contribution >= 0.6 is 15.9 Å². The van der Waals surface area contributed by atoms with Crippen molar-refractivity contribution in [2.24, 2.45) is 5.73 Å². The van der Waals surface area contributed by atoms with Crippen LogP contribution in [0.2, 0.25) is 0 Å². The third-order valence-electron chi connectivity index (χ3n) is 9.14. The molecule has 12 nitrogen and oxygen atoms in total. The second-order valence-corrected chi connectivity index (χ2v) is 13.9. The van der Waals surface area contributed by atoms with Crippen LogP contribution in [-0.4, -0.2) is 53.3 Å². The summed E-state index contributed by atoms with van der Waals surface area (Å²) >= 11 is 3.10. The van der Waals surface area contributed by atoms with Gasteiger partial charge in [0, 0.05) is 25.2 Å². The number of ether oxygens (including phenoxy) is 2. The molecule has 0 unspecified atom stereocenters. The van der Waals surface area contributed by atoms with E-state index in [1.807, 2.05) is 43.3 Å². The molecule has 19 heteroatoms. The molecule has 0 aliphatic rings. The predicted octanol–water partition coefficient (Wildman–Crippen LogP) is 9.82. The lowest BCUT2D eigenvalue weighted by Gasteiger charge is -2.12. The lowest BCUT2D eigenvalue weighted by molar-refractivity contribution is -0.146. The molecule has 0 aliphatic carbocycles. The van der Waals surface area contributed by atoms with Gasteiger partial charge in [-0.15, -0.1) is 0 Å². The van der Waals surface area contributed by atoms with Crippen molar-refractivity contribution in [1.29, 1.82) is 0 Å². The number of benzene rings is 4. The van der Waals surface area contributed by atoms with Gasteiger partial charge in [0.1, 0.15) is 21.9 Å². The maximum Gasteiger partial charge on any atom is 0.450 e. The smallest absolute Gasteiger partial charge is 0.450 e. The molecule has 0 spiro atoms. The van der Waals surface area contributed by atoms with Crippen LogP contribution in [0.5, 0.6) is 11.5 Å². The van der Waals surface area contributed by atoms with Crippen molar-refractivity contribution in [3.63, 3.8) is 0 Å². The molecule has 4 aromatic heterocycles. The Kier molecular flexibility index (Phi) is 13.5. The van der Waals surface area contributed by atoms with E-state index in [0.29, 0.717) is 35.0 Å². The van der Waals surface area contributed by atoms with E-state index in [9.17, 15) is 26.3 Å². The minimum absolute atomic E-state index is 0.0245. The van der Waals surface area contributed by atoms with Crippen LogP contribution in [0.25, 0.3) is 33.7 Å². The zero-order chi connectivity index (χ0) is 43.9. The zero-order valence-corrected chi connectivity index (χ0v) is 34.5. The molecule has 61 heavy (non-hydrogen) atoms. The largest absolute Gasteiger partial charge is 0.497 e. The maximum atomic E-state index is 13.6. The van der Waals surface area contributed by atoms with Gasteiger partial charge in [0.05, 0.1) is 61.1 Å². The van der Waals surface area contributed by atoms with Crippen molar-refractivity contribution >= 4 is 43.8 Å². The van der Waals surface area contributed by atoms with E-state index in [1.54, 1.807) is 12.1 Å². The molecule has 0 amide bonds. The number of halogens is 7. The summed E-state index contributed by atoms with van der Waals surface area (Å²) in [6, 6.07) is 25.1. The van der Waals surface area contributed by atoms with Crippen molar-refractivity contribution in [2.45, 2.75) is 39.3 Å². The van der Waals surface area contributed by atoms with Crippen molar-refractivity contribution < 1.29 is 35.8 Å². The molecule has 0 bridgehead atoms. The normalized spacial score (nSPS) is 11.4. The predicted molar refractivity (Wildman–Crippen MR) is 222 cm³/mol. The van der Waals surface area contributed by atoms with Crippen LogP contribution < -0.4 is 20.5 Å². The summed E-state index contributed by atoms with van der Waals surface area (Å²) in [5.41, 5.74) is 11.0. The third-order valence-corrected chi connectivity index (χ3v) is 9.55. The number of nitrogens with two attached hydrogens (primary N) is 1. The van der Waals surface area contributed by atoms with Gasteiger partial charge in [-0.1, -0.05) is 48.5 Å². The highest BCUT2D eigenvalue weighted by atomic mass is 79.9. The second-order valence-electron chi connectivity index (χ2n) is 13.1. The summed E-state index contributed by atoms with van der Waals surface area (Å²) < 4.78 is 93.0. The van der Waals surface area contributed by atoms with Gasteiger partial charge in [-0.3, -0.25) is 9.13 Å². The van der Waals surface area contributed by atoms with E-state index in [1.165, 1.54) is 74.4 Å². The van der Waals surface area contributed by atoms with E-state index in [2.05, 4.69) is 70.2 Å². The fourth-order valence-corrected chi connectivity index (χ4v) is 6.21. The Morgan fingerprint density at radius 3 is 1.49 bits per heavy atom. The monoisotopic (exact) mass is 906 g/mol. The fraction of sp³-hybridized carbons (Fsp3) is 0.190. The van der Waals surface area contributed by atoms with Gasteiger partial charge in [-0.2, -0.15) is 26.3 Å². The Morgan fingerprint density at radius 1 is 0.623 bits per heavy atom. The van der Waals surface area contributed by atoms with Crippen molar-refractivity contribution in [2.75, 3.05) is 19.5 Å². The van der Waals surface area contributed by atoms with Crippen molar-refractivity contribution in [1.82, 2.24) is 39.0 Å². The molecule has 0 atom stereocenters. The molecular weight excluding hydrogens is 870 g/mol. The number of methoxy groups -OCH3 is 2. The van der Waals surface area contributed by atoms with Crippen LogP contribution in [0.3, 0.4) is 0 Å². The highest BCUT2D eigenvalue weighted by molar-refractivity contribution is 9.10. The summed E-state index contributed by atoms with van der Waals surface area (Å²) in [5, 5.41) is 3.13. The van der Waals surface area contributed by atoms with Crippen LogP contribution in [-0.2, 0) is 25.4 Å². The Morgan fingerprint density at radius 2 is 1.10 bits per heavy atom. The standard InChI is InChI=1S/C21H18F3N5O.C13H8BrF3N4O.C8H11N/c1-13-5-3-4-6-14(13)10-25-18-11-27-19(12-26-18)29-17-8-7-15(30-2)9-16(17)28-20(29)21(22,23)24;1-22-7-2-3-9-8(4-7)20-12(13(15,16)17)21(9)11-6-18-10(14)5-19-11;1-7-4-2-3-5-8(7)6-9/h3-9,11-12H,10H2,1-2H3,(H,25,26);2-6H,1H3;2-5H,6,9H2,1H3.